The van der Waals surface area contributed by atoms with Crippen molar-refractivity contribution in [3.63, 3.8) is 0 Å². The lowest BCUT2D eigenvalue weighted by Crippen LogP contribution is -2.23. The molecule has 0 atom stereocenters. The van der Waals surface area contributed by atoms with Crippen LogP contribution in [0.15, 0.2) is 24.3 Å². The van der Waals surface area contributed by atoms with Crippen LogP contribution in [-0.2, 0) is 0 Å². The molecule has 1 amide bonds. The summed E-state index contributed by atoms with van der Waals surface area (Å²) in [5, 5.41) is 10.9. The van der Waals surface area contributed by atoms with Crippen LogP contribution in [0.25, 0.3) is 0 Å². The molecule has 1 aromatic rings. The van der Waals surface area contributed by atoms with Gasteiger partial charge in [0.25, 0.3) is 5.91 Å². The van der Waals surface area contributed by atoms with Gasteiger partial charge in [-0.15, -0.1) is 0 Å². The van der Waals surface area contributed by atoms with E-state index in [9.17, 15) is 4.79 Å². The number of carbonyl (C=O) groups excluding carboxylic acids is 1. The van der Waals surface area contributed by atoms with Gasteiger partial charge in [-0.05, 0) is 24.3 Å². The van der Waals surface area contributed by atoms with Crippen LogP contribution in [0.3, 0.4) is 0 Å². The Bertz CT molecular complexity index is 365. The lowest BCUT2D eigenvalue weighted by Gasteiger charge is -2.03. The maximum absolute atomic E-state index is 11.5. The molecule has 0 spiro atoms. The molecule has 0 aliphatic heterocycles. The first-order valence-corrected chi connectivity index (χ1v) is 4.57. The molecule has 0 heterocycles. The Hall–Kier alpha value is -2.02. The predicted molar refractivity (Wildman–Crippen MR) is 55.6 cm³/mol. The minimum Gasteiger partial charge on any atom is -0.497 e. The predicted octanol–water partition coefficient (Wildman–Crippen LogP) is 1.34. The fraction of sp³-hybridized carbons (Fsp3) is 0.273. The quantitative estimate of drug-likeness (QED) is 0.753. The summed E-state index contributed by atoms with van der Waals surface area (Å²) in [6, 6.07) is 8.76. The van der Waals surface area contributed by atoms with Crippen LogP contribution >= 0.6 is 0 Å². The fourth-order valence-electron chi connectivity index (χ4n) is 1.08. The van der Waals surface area contributed by atoms with Crippen LogP contribution in [-0.4, -0.2) is 19.6 Å². The Morgan fingerprint density at radius 2 is 2.13 bits per heavy atom. The molecule has 0 bridgehead atoms. The summed E-state index contributed by atoms with van der Waals surface area (Å²) in [7, 11) is 1.57. The Morgan fingerprint density at radius 1 is 1.47 bits per heavy atom. The number of methoxy groups -OCH3 is 1. The van der Waals surface area contributed by atoms with E-state index in [0.717, 1.165) is 0 Å². The van der Waals surface area contributed by atoms with Gasteiger partial charge in [0.05, 0.1) is 19.6 Å². The van der Waals surface area contributed by atoms with Gasteiger partial charge in [-0.2, -0.15) is 5.26 Å². The number of nitrogens with zero attached hydrogens (tertiary/aromatic N) is 1. The number of carbonyl (C=O) groups is 1. The van der Waals surface area contributed by atoms with Crippen molar-refractivity contribution in [3.05, 3.63) is 29.8 Å². The van der Waals surface area contributed by atoms with E-state index in [1.54, 1.807) is 31.4 Å². The van der Waals surface area contributed by atoms with E-state index in [2.05, 4.69) is 5.32 Å². The zero-order valence-corrected chi connectivity index (χ0v) is 8.49. The molecule has 0 saturated heterocycles. The number of rotatable bonds is 4. The van der Waals surface area contributed by atoms with Gasteiger partial charge in [-0.1, -0.05) is 0 Å². The van der Waals surface area contributed by atoms with Crippen molar-refractivity contribution in [3.8, 4) is 11.8 Å². The smallest absolute Gasteiger partial charge is 0.251 e. The van der Waals surface area contributed by atoms with Crippen LogP contribution in [0, 0.1) is 11.3 Å². The first kappa shape index (κ1) is 11.1. The number of nitrogens with one attached hydrogen (secondary N) is 1. The molecule has 0 aromatic heterocycles. The average Bonchev–Trinajstić information content (AvgIpc) is 2.29. The van der Waals surface area contributed by atoms with Crippen molar-refractivity contribution in [1.29, 1.82) is 5.26 Å². The Kier molecular flexibility index (Phi) is 4.17. The van der Waals surface area contributed by atoms with Crippen molar-refractivity contribution >= 4 is 5.91 Å². The monoisotopic (exact) mass is 204 g/mol. The van der Waals surface area contributed by atoms with Gasteiger partial charge >= 0.3 is 0 Å². The van der Waals surface area contributed by atoms with E-state index in [0.29, 0.717) is 24.3 Å². The molecule has 0 unspecified atom stereocenters. The van der Waals surface area contributed by atoms with E-state index in [4.69, 9.17) is 10.00 Å². The maximum atomic E-state index is 11.5. The molecular formula is C11H12N2O2. The molecule has 78 valence electrons. The van der Waals surface area contributed by atoms with E-state index < -0.39 is 0 Å². The summed E-state index contributed by atoms with van der Waals surface area (Å²) in [6.45, 7) is 0.376. The molecule has 1 rings (SSSR count). The maximum Gasteiger partial charge on any atom is 0.251 e. The summed E-state index contributed by atoms with van der Waals surface area (Å²) in [4.78, 5) is 11.5. The highest BCUT2D eigenvalue weighted by molar-refractivity contribution is 5.94. The molecule has 0 aliphatic carbocycles. The molecule has 15 heavy (non-hydrogen) atoms. The first-order chi connectivity index (χ1) is 7.27. The van der Waals surface area contributed by atoms with Crippen molar-refractivity contribution in [2.24, 2.45) is 0 Å². The third kappa shape index (κ3) is 3.31. The second-order valence-electron chi connectivity index (χ2n) is 2.89. The largest absolute Gasteiger partial charge is 0.497 e. The van der Waals surface area contributed by atoms with Crippen molar-refractivity contribution in [2.75, 3.05) is 13.7 Å². The van der Waals surface area contributed by atoms with Crippen LogP contribution in [0.4, 0.5) is 0 Å². The highest BCUT2D eigenvalue weighted by Gasteiger charge is 2.03. The zero-order chi connectivity index (χ0) is 11.1. The van der Waals surface area contributed by atoms with Gasteiger partial charge in [-0.25, -0.2) is 0 Å². The summed E-state index contributed by atoms with van der Waals surface area (Å²) in [6.07, 6.45) is 0.321. The highest BCUT2D eigenvalue weighted by Crippen LogP contribution is 2.10. The molecule has 0 fully saturated rings. The molecular weight excluding hydrogens is 192 g/mol. The molecule has 4 nitrogen and oxygen atoms in total. The van der Waals surface area contributed by atoms with Crippen LogP contribution in [0.2, 0.25) is 0 Å². The van der Waals surface area contributed by atoms with Gasteiger partial charge in [-0.3, -0.25) is 4.79 Å². The minimum atomic E-state index is -0.173. The number of benzene rings is 1. The normalized spacial score (nSPS) is 9.07. The standard InChI is InChI=1S/C11H12N2O2/c1-15-10-5-3-9(4-6-10)11(14)13-8-2-7-12/h3-6H,2,8H2,1H3,(H,13,14). The van der Waals surface area contributed by atoms with E-state index in [1.807, 2.05) is 6.07 Å². The van der Waals surface area contributed by atoms with E-state index in [-0.39, 0.29) is 5.91 Å². The van der Waals surface area contributed by atoms with Gasteiger partial charge in [0.15, 0.2) is 0 Å². The fourth-order valence-corrected chi connectivity index (χ4v) is 1.08. The Labute approximate surface area is 88.5 Å². The Balaban J connectivity index is 2.55. The van der Waals surface area contributed by atoms with Gasteiger partial charge in [0, 0.05) is 12.1 Å². The Morgan fingerprint density at radius 3 is 2.67 bits per heavy atom. The third-order valence-electron chi connectivity index (χ3n) is 1.87. The summed E-state index contributed by atoms with van der Waals surface area (Å²) >= 11 is 0. The zero-order valence-electron chi connectivity index (χ0n) is 8.49. The van der Waals surface area contributed by atoms with Crippen molar-refractivity contribution in [1.82, 2.24) is 5.32 Å². The lowest BCUT2D eigenvalue weighted by molar-refractivity contribution is 0.0954. The lowest BCUT2D eigenvalue weighted by atomic mass is 10.2. The second kappa shape index (κ2) is 5.66. The second-order valence-corrected chi connectivity index (χ2v) is 2.89. The van der Waals surface area contributed by atoms with E-state index in [1.165, 1.54) is 0 Å². The SMILES string of the molecule is COc1ccc(C(=O)NCCC#N)cc1. The van der Waals surface area contributed by atoms with Crippen LogP contribution < -0.4 is 10.1 Å². The number of hydrogen-bond donors (Lipinski definition) is 1. The number of nitriles is 1. The molecule has 1 N–H and O–H groups in total. The third-order valence-corrected chi connectivity index (χ3v) is 1.87. The minimum absolute atomic E-state index is 0.173. The number of hydrogen-bond acceptors (Lipinski definition) is 3. The first-order valence-electron chi connectivity index (χ1n) is 4.57. The van der Waals surface area contributed by atoms with Gasteiger partial charge in [0.2, 0.25) is 0 Å². The summed E-state index contributed by atoms with van der Waals surface area (Å²) in [5.74, 6) is 0.538. The van der Waals surface area contributed by atoms with Gasteiger partial charge < -0.3 is 10.1 Å². The molecule has 0 radical (unpaired) electrons. The molecule has 1 aromatic carbocycles. The topological polar surface area (TPSA) is 62.1 Å². The number of amides is 1. The summed E-state index contributed by atoms with van der Waals surface area (Å²) < 4.78 is 4.97. The summed E-state index contributed by atoms with van der Waals surface area (Å²) in [5.41, 5.74) is 0.564. The molecule has 0 saturated carbocycles. The average molecular weight is 204 g/mol. The number of ether oxygens (including phenoxy) is 1. The van der Waals surface area contributed by atoms with Crippen molar-refractivity contribution in [2.45, 2.75) is 6.42 Å². The van der Waals surface area contributed by atoms with E-state index >= 15 is 0 Å². The molecule has 0 aliphatic rings. The van der Waals surface area contributed by atoms with Crippen molar-refractivity contribution < 1.29 is 9.53 Å². The highest BCUT2D eigenvalue weighted by atomic mass is 16.5. The van der Waals surface area contributed by atoms with Crippen LogP contribution in [0.5, 0.6) is 5.75 Å². The van der Waals surface area contributed by atoms with Gasteiger partial charge in [0.1, 0.15) is 5.75 Å². The van der Waals surface area contributed by atoms with Crippen LogP contribution in [0.1, 0.15) is 16.8 Å². The molecule has 4 heteroatoms.